The Hall–Kier alpha value is -3.23. The Labute approximate surface area is 149 Å². The summed E-state index contributed by atoms with van der Waals surface area (Å²) in [6, 6.07) is 6.39. The zero-order chi connectivity index (χ0) is 18.4. The topological polar surface area (TPSA) is 116 Å². The van der Waals surface area contributed by atoms with Gasteiger partial charge < -0.3 is 14.9 Å². The second-order valence-electron chi connectivity index (χ2n) is 5.57. The maximum atomic E-state index is 11.9. The number of hydrogen-bond acceptors (Lipinski definition) is 8. The van der Waals surface area contributed by atoms with Gasteiger partial charge in [0.2, 0.25) is 0 Å². The number of aryl methyl sites for hydroxylation is 1. The average molecular weight is 358 g/mol. The number of amides is 1. The standard InChI is InChI=1S/C17H18N4O5/c1-2-24-17(23)11-6-8-12(9-7-11)18-15(22)10-25-19-13-4-3-5-14-16(13)21-26-20-14/h6-9H,2-5,10H2,1H3,(H,18,22). The number of anilines is 1. The number of rotatable bonds is 6. The number of hydrogen-bond donors (Lipinski definition) is 1. The van der Waals surface area contributed by atoms with Crippen molar-refractivity contribution in [1.29, 1.82) is 0 Å². The van der Waals surface area contributed by atoms with Crippen LogP contribution in [0.2, 0.25) is 0 Å². The molecule has 136 valence electrons. The molecule has 0 atom stereocenters. The number of fused-ring (bicyclic) bond motifs is 1. The van der Waals surface area contributed by atoms with Crippen molar-refractivity contribution < 1.29 is 23.8 Å². The molecule has 0 bridgehead atoms. The lowest BCUT2D eigenvalue weighted by atomic mass is 9.99. The Morgan fingerprint density at radius 1 is 1.23 bits per heavy atom. The van der Waals surface area contributed by atoms with Gasteiger partial charge in [-0.05, 0) is 55.6 Å². The van der Waals surface area contributed by atoms with Crippen LogP contribution in [0.5, 0.6) is 0 Å². The van der Waals surface area contributed by atoms with Crippen molar-refractivity contribution in [3.63, 3.8) is 0 Å². The first-order chi connectivity index (χ1) is 12.7. The van der Waals surface area contributed by atoms with Gasteiger partial charge in [-0.15, -0.1) is 0 Å². The summed E-state index contributed by atoms with van der Waals surface area (Å²) in [5, 5.41) is 14.2. The van der Waals surface area contributed by atoms with Crippen LogP contribution in [0.25, 0.3) is 0 Å². The van der Waals surface area contributed by atoms with E-state index in [0.29, 0.717) is 35.7 Å². The van der Waals surface area contributed by atoms with E-state index in [-0.39, 0.29) is 12.5 Å². The molecule has 26 heavy (non-hydrogen) atoms. The van der Waals surface area contributed by atoms with Crippen LogP contribution >= 0.6 is 0 Å². The number of oxime groups is 1. The minimum absolute atomic E-state index is 0.246. The fourth-order valence-corrected chi connectivity index (χ4v) is 2.49. The van der Waals surface area contributed by atoms with Gasteiger partial charge in [0.1, 0.15) is 11.4 Å². The van der Waals surface area contributed by atoms with Crippen LogP contribution in [0, 0.1) is 0 Å². The third kappa shape index (κ3) is 4.24. The highest BCUT2D eigenvalue weighted by molar-refractivity contribution is 6.00. The normalized spacial score (nSPS) is 14.6. The van der Waals surface area contributed by atoms with Gasteiger partial charge in [0.15, 0.2) is 12.3 Å². The molecule has 1 aromatic heterocycles. The van der Waals surface area contributed by atoms with E-state index in [0.717, 1.165) is 18.5 Å². The second kappa shape index (κ2) is 8.24. The van der Waals surface area contributed by atoms with Gasteiger partial charge in [-0.1, -0.05) is 10.3 Å². The first kappa shape index (κ1) is 17.6. The Morgan fingerprint density at radius 2 is 2.04 bits per heavy atom. The molecule has 9 nitrogen and oxygen atoms in total. The minimum Gasteiger partial charge on any atom is -0.462 e. The number of carbonyl (C=O) groups excluding carboxylic acids is 2. The molecule has 1 aliphatic carbocycles. The number of esters is 1. The predicted octanol–water partition coefficient (Wildman–Crippen LogP) is 1.94. The van der Waals surface area contributed by atoms with Crippen molar-refractivity contribution in [2.24, 2.45) is 5.16 Å². The summed E-state index contributed by atoms with van der Waals surface area (Å²) in [5.74, 6) is -0.772. The molecule has 0 unspecified atom stereocenters. The van der Waals surface area contributed by atoms with Crippen LogP contribution in [0.4, 0.5) is 5.69 Å². The largest absolute Gasteiger partial charge is 0.462 e. The van der Waals surface area contributed by atoms with Gasteiger partial charge in [-0.3, -0.25) is 4.79 Å². The van der Waals surface area contributed by atoms with Crippen molar-refractivity contribution in [3.8, 4) is 0 Å². The summed E-state index contributed by atoms with van der Waals surface area (Å²) in [7, 11) is 0. The molecule has 1 amide bonds. The van der Waals surface area contributed by atoms with E-state index in [2.05, 4.69) is 20.8 Å². The number of benzene rings is 1. The highest BCUT2D eigenvalue weighted by Crippen LogP contribution is 2.18. The number of carbonyl (C=O) groups is 2. The van der Waals surface area contributed by atoms with Crippen LogP contribution in [-0.4, -0.2) is 41.1 Å². The van der Waals surface area contributed by atoms with Crippen molar-refractivity contribution in [2.75, 3.05) is 18.5 Å². The first-order valence-corrected chi connectivity index (χ1v) is 8.25. The van der Waals surface area contributed by atoms with E-state index in [1.807, 2.05) is 0 Å². The van der Waals surface area contributed by atoms with E-state index >= 15 is 0 Å². The SMILES string of the molecule is CCOC(=O)c1ccc(NC(=O)CON=C2CCCc3nonc32)cc1. The summed E-state index contributed by atoms with van der Waals surface area (Å²) in [4.78, 5) is 28.6. The molecule has 1 heterocycles. The molecule has 0 saturated carbocycles. The van der Waals surface area contributed by atoms with Gasteiger partial charge in [-0.25, -0.2) is 9.42 Å². The molecule has 1 aliphatic rings. The summed E-state index contributed by atoms with van der Waals surface area (Å²) in [6.45, 7) is 1.80. The first-order valence-electron chi connectivity index (χ1n) is 8.25. The second-order valence-corrected chi connectivity index (χ2v) is 5.57. The highest BCUT2D eigenvalue weighted by atomic mass is 16.6. The van der Waals surface area contributed by atoms with Gasteiger partial charge in [-0.2, -0.15) is 0 Å². The predicted molar refractivity (Wildman–Crippen MR) is 90.8 cm³/mol. The quantitative estimate of drug-likeness (QED) is 0.619. The fourth-order valence-electron chi connectivity index (χ4n) is 2.49. The number of aromatic nitrogens is 2. The van der Waals surface area contributed by atoms with Crippen LogP contribution in [0.1, 0.15) is 41.5 Å². The monoisotopic (exact) mass is 358 g/mol. The van der Waals surface area contributed by atoms with Crippen molar-refractivity contribution in [3.05, 3.63) is 41.2 Å². The summed E-state index contributed by atoms with van der Waals surface area (Å²) in [5.41, 5.74) is 2.93. The molecule has 0 saturated heterocycles. The van der Waals surface area contributed by atoms with Gasteiger partial charge >= 0.3 is 5.97 Å². The lowest BCUT2D eigenvalue weighted by molar-refractivity contribution is -0.120. The van der Waals surface area contributed by atoms with Gasteiger partial charge in [0.25, 0.3) is 5.91 Å². The van der Waals surface area contributed by atoms with E-state index in [9.17, 15) is 9.59 Å². The number of nitrogens with zero attached hydrogens (tertiary/aromatic N) is 3. The molecule has 0 fully saturated rings. The maximum absolute atomic E-state index is 11.9. The summed E-state index contributed by atoms with van der Waals surface area (Å²) >= 11 is 0. The lowest BCUT2D eigenvalue weighted by Crippen LogP contribution is -2.18. The molecule has 1 N–H and O–H groups in total. The highest BCUT2D eigenvalue weighted by Gasteiger charge is 2.21. The molecule has 0 aliphatic heterocycles. The van der Waals surface area contributed by atoms with Gasteiger partial charge in [0.05, 0.1) is 12.2 Å². The Balaban J connectivity index is 1.51. The molecular formula is C17H18N4O5. The molecule has 2 aromatic rings. The molecule has 1 aromatic carbocycles. The van der Waals surface area contributed by atoms with Crippen LogP contribution in [-0.2, 0) is 20.8 Å². The summed E-state index contributed by atoms with van der Waals surface area (Å²) < 4.78 is 9.60. The zero-order valence-electron chi connectivity index (χ0n) is 14.2. The van der Waals surface area contributed by atoms with E-state index < -0.39 is 5.97 Å². The average Bonchev–Trinajstić information content (AvgIpc) is 3.12. The van der Waals surface area contributed by atoms with Crippen LogP contribution in [0.15, 0.2) is 34.1 Å². The molecular weight excluding hydrogens is 340 g/mol. The number of ether oxygens (including phenoxy) is 1. The van der Waals surface area contributed by atoms with E-state index in [4.69, 9.17) is 14.2 Å². The molecule has 9 heteroatoms. The maximum Gasteiger partial charge on any atom is 0.338 e. The summed E-state index contributed by atoms with van der Waals surface area (Å²) in [6.07, 6.45) is 2.36. The third-order valence-electron chi connectivity index (χ3n) is 3.71. The van der Waals surface area contributed by atoms with Crippen molar-refractivity contribution >= 4 is 23.3 Å². The van der Waals surface area contributed by atoms with Crippen LogP contribution < -0.4 is 5.32 Å². The van der Waals surface area contributed by atoms with E-state index in [1.54, 1.807) is 31.2 Å². The zero-order valence-corrected chi connectivity index (χ0v) is 14.2. The van der Waals surface area contributed by atoms with Crippen molar-refractivity contribution in [2.45, 2.75) is 26.2 Å². The fraction of sp³-hybridized carbons (Fsp3) is 0.353. The lowest BCUT2D eigenvalue weighted by Gasteiger charge is -2.09. The Morgan fingerprint density at radius 3 is 2.81 bits per heavy atom. The third-order valence-corrected chi connectivity index (χ3v) is 3.71. The molecule has 0 radical (unpaired) electrons. The minimum atomic E-state index is -0.404. The Kier molecular flexibility index (Phi) is 5.57. The van der Waals surface area contributed by atoms with Gasteiger partial charge in [0, 0.05) is 5.69 Å². The number of nitrogens with one attached hydrogen (secondary N) is 1. The Bertz CT molecular complexity index is 813. The van der Waals surface area contributed by atoms with E-state index in [1.165, 1.54) is 0 Å². The van der Waals surface area contributed by atoms with Crippen LogP contribution in [0.3, 0.4) is 0 Å². The molecule has 0 spiro atoms. The smallest absolute Gasteiger partial charge is 0.338 e. The molecule has 3 rings (SSSR count). The van der Waals surface area contributed by atoms with Crippen molar-refractivity contribution in [1.82, 2.24) is 10.3 Å².